The molecule has 1 amide bonds. The third-order valence-electron chi connectivity index (χ3n) is 3.40. The van der Waals surface area contributed by atoms with E-state index in [0.717, 1.165) is 5.56 Å². The van der Waals surface area contributed by atoms with Crippen LogP contribution in [0.4, 0.5) is 0 Å². The average Bonchev–Trinajstić information content (AvgIpc) is 2.24. The van der Waals surface area contributed by atoms with Crippen molar-refractivity contribution in [2.45, 2.75) is 39.3 Å². The number of carbonyl (C=O) groups is 2. The maximum absolute atomic E-state index is 12.1. The van der Waals surface area contributed by atoms with Crippen LogP contribution in [0.1, 0.15) is 39.3 Å². The fraction of sp³-hybridized carbons (Fsp3) is 0.467. The molecule has 0 saturated carbocycles. The zero-order valence-electron chi connectivity index (χ0n) is 11.3. The number of amides is 1. The molecule has 1 fully saturated rings. The van der Waals surface area contributed by atoms with Gasteiger partial charge in [0.2, 0.25) is 5.91 Å². The SMILES string of the molecule is CC(=O)[C@@H]1C(=O)N(C(C)(C)C)[C@H]1c1ccccc1. The van der Waals surface area contributed by atoms with Gasteiger partial charge in [-0.15, -0.1) is 0 Å². The quantitative estimate of drug-likeness (QED) is 0.593. The Kier molecular flexibility index (Phi) is 3.01. The Hall–Kier alpha value is -1.64. The summed E-state index contributed by atoms with van der Waals surface area (Å²) in [4.78, 5) is 25.6. The van der Waals surface area contributed by atoms with E-state index < -0.39 is 5.92 Å². The zero-order valence-corrected chi connectivity index (χ0v) is 11.3. The molecule has 0 aromatic heterocycles. The minimum Gasteiger partial charge on any atom is -0.329 e. The summed E-state index contributed by atoms with van der Waals surface area (Å²) in [5.74, 6) is -0.607. The summed E-state index contributed by atoms with van der Waals surface area (Å²) >= 11 is 0. The normalized spacial score (nSPS) is 23.8. The van der Waals surface area contributed by atoms with Gasteiger partial charge in [0, 0.05) is 5.54 Å². The third kappa shape index (κ3) is 1.94. The molecule has 0 unspecified atom stereocenters. The second-order valence-corrected chi connectivity index (χ2v) is 5.82. The molecule has 0 bridgehead atoms. The maximum Gasteiger partial charge on any atom is 0.236 e. The van der Waals surface area contributed by atoms with E-state index in [-0.39, 0.29) is 23.3 Å². The van der Waals surface area contributed by atoms with Crippen molar-refractivity contribution >= 4 is 11.7 Å². The summed E-state index contributed by atoms with van der Waals surface area (Å²) in [6.45, 7) is 7.49. The maximum atomic E-state index is 12.1. The molecule has 1 heterocycles. The van der Waals surface area contributed by atoms with Gasteiger partial charge in [-0.3, -0.25) is 9.59 Å². The van der Waals surface area contributed by atoms with Gasteiger partial charge in [-0.05, 0) is 33.3 Å². The predicted molar refractivity (Wildman–Crippen MR) is 70.0 cm³/mol. The van der Waals surface area contributed by atoms with Crippen molar-refractivity contribution in [3.8, 4) is 0 Å². The molecule has 1 aromatic carbocycles. The Morgan fingerprint density at radius 2 is 1.72 bits per heavy atom. The molecule has 18 heavy (non-hydrogen) atoms. The highest BCUT2D eigenvalue weighted by atomic mass is 16.2. The van der Waals surface area contributed by atoms with E-state index in [9.17, 15) is 9.59 Å². The van der Waals surface area contributed by atoms with Gasteiger partial charge in [0.1, 0.15) is 11.7 Å². The Balaban J connectivity index is 2.40. The Labute approximate surface area is 108 Å². The Morgan fingerprint density at radius 3 is 2.17 bits per heavy atom. The van der Waals surface area contributed by atoms with Crippen molar-refractivity contribution < 1.29 is 9.59 Å². The van der Waals surface area contributed by atoms with Gasteiger partial charge >= 0.3 is 0 Å². The van der Waals surface area contributed by atoms with Gasteiger partial charge in [0.05, 0.1) is 6.04 Å². The van der Waals surface area contributed by atoms with Gasteiger partial charge < -0.3 is 4.90 Å². The van der Waals surface area contributed by atoms with Gasteiger partial charge in [-0.25, -0.2) is 0 Å². The fourth-order valence-electron chi connectivity index (χ4n) is 2.62. The molecule has 0 spiro atoms. The number of rotatable bonds is 2. The summed E-state index contributed by atoms with van der Waals surface area (Å²) in [5, 5.41) is 0. The summed E-state index contributed by atoms with van der Waals surface area (Å²) in [6, 6.07) is 9.66. The Morgan fingerprint density at radius 1 is 1.17 bits per heavy atom. The molecule has 96 valence electrons. The first kappa shape index (κ1) is 12.8. The Bertz CT molecular complexity index is 473. The van der Waals surface area contributed by atoms with Gasteiger partial charge in [0.15, 0.2) is 0 Å². The van der Waals surface area contributed by atoms with E-state index in [2.05, 4.69) is 0 Å². The molecule has 0 aliphatic carbocycles. The van der Waals surface area contributed by atoms with Crippen LogP contribution in [0.2, 0.25) is 0 Å². The van der Waals surface area contributed by atoms with Crippen LogP contribution in [0, 0.1) is 5.92 Å². The van der Waals surface area contributed by atoms with Crippen molar-refractivity contribution in [1.29, 1.82) is 0 Å². The molecule has 3 nitrogen and oxygen atoms in total. The number of hydrogen-bond acceptors (Lipinski definition) is 2. The average molecular weight is 245 g/mol. The fourth-order valence-corrected chi connectivity index (χ4v) is 2.62. The summed E-state index contributed by atoms with van der Waals surface area (Å²) in [5.41, 5.74) is 0.774. The number of likely N-dealkylation sites (tertiary alicyclic amines) is 1. The molecular formula is C15H19NO2. The lowest BCUT2D eigenvalue weighted by molar-refractivity contribution is -0.170. The lowest BCUT2D eigenvalue weighted by atomic mass is 9.77. The number of hydrogen-bond donors (Lipinski definition) is 0. The van der Waals surface area contributed by atoms with Crippen LogP contribution in [0.3, 0.4) is 0 Å². The lowest BCUT2D eigenvalue weighted by Gasteiger charge is -2.53. The van der Waals surface area contributed by atoms with Crippen molar-refractivity contribution in [3.05, 3.63) is 35.9 Å². The molecule has 1 aromatic rings. The first-order valence-electron chi connectivity index (χ1n) is 6.22. The van der Waals surface area contributed by atoms with Crippen LogP contribution in [-0.4, -0.2) is 22.1 Å². The lowest BCUT2D eigenvalue weighted by Crippen LogP contribution is -2.63. The molecule has 0 N–H and O–H groups in total. The molecule has 3 heteroatoms. The molecule has 1 aliphatic heterocycles. The van der Waals surface area contributed by atoms with E-state index in [4.69, 9.17) is 0 Å². The predicted octanol–water partition coefficient (Wildman–Crippen LogP) is 2.57. The molecule has 1 saturated heterocycles. The van der Waals surface area contributed by atoms with Crippen molar-refractivity contribution in [2.24, 2.45) is 5.92 Å². The molecule has 2 atom stereocenters. The van der Waals surface area contributed by atoms with Crippen molar-refractivity contribution in [1.82, 2.24) is 4.90 Å². The summed E-state index contributed by atoms with van der Waals surface area (Å²) in [6.07, 6.45) is 0. The zero-order chi connectivity index (χ0) is 13.5. The second-order valence-electron chi connectivity index (χ2n) is 5.82. The monoisotopic (exact) mass is 245 g/mol. The van der Waals surface area contributed by atoms with Gasteiger partial charge in [-0.1, -0.05) is 30.3 Å². The van der Waals surface area contributed by atoms with E-state index >= 15 is 0 Å². The van der Waals surface area contributed by atoms with E-state index in [0.29, 0.717) is 0 Å². The smallest absolute Gasteiger partial charge is 0.236 e. The van der Waals surface area contributed by atoms with Gasteiger partial charge in [0.25, 0.3) is 0 Å². The van der Waals surface area contributed by atoms with Crippen molar-refractivity contribution in [3.63, 3.8) is 0 Å². The molecule has 0 radical (unpaired) electrons. The highest BCUT2D eigenvalue weighted by Gasteiger charge is 2.54. The summed E-state index contributed by atoms with van der Waals surface area (Å²) < 4.78 is 0. The molecule has 1 aliphatic rings. The van der Waals surface area contributed by atoms with Crippen LogP contribution in [0.25, 0.3) is 0 Å². The summed E-state index contributed by atoms with van der Waals surface area (Å²) in [7, 11) is 0. The third-order valence-corrected chi connectivity index (χ3v) is 3.40. The number of Topliss-reactive ketones (excluding diaryl/α,β-unsaturated/α-hetero) is 1. The first-order chi connectivity index (χ1) is 8.34. The minimum atomic E-state index is -0.508. The van der Waals surface area contributed by atoms with E-state index in [1.54, 1.807) is 0 Å². The van der Waals surface area contributed by atoms with Crippen LogP contribution in [-0.2, 0) is 9.59 Å². The second kappa shape index (κ2) is 4.23. The minimum absolute atomic E-state index is 0.0469. The van der Waals surface area contributed by atoms with Crippen LogP contribution in [0.5, 0.6) is 0 Å². The van der Waals surface area contributed by atoms with Crippen LogP contribution < -0.4 is 0 Å². The largest absolute Gasteiger partial charge is 0.329 e. The first-order valence-corrected chi connectivity index (χ1v) is 6.22. The standard InChI is InChI=1S/C15H19NO2/c1-10(17)12-13(11-8-6-5-7-9-11)16(14(12)18)15(2,3)4/h5-9,12-13H,1-4H3/t12-,13-/m0/s1. The van der Waals surface area contributed by atoms with Crippen LogP contribution >= 0.6 is 0 Å². The number of benzene rings is 1. The number of carbonyl (C=O) groups excluding carboxylic acids is 2. The molecular weight excluding hydrogens is 226 g/mol. The van der Waals surface area contributed by atoms with Crippen LogP contribution in [0.15, 0.2) is 30.3 Å². The van der Waals surface area contributed by atoms with E-state index in [1.807, 2.05) is 56.0 Å². The van der Waals surface area contributed by atoms with E-state index in [1.165, 1.54) is 6.92 Å². The molecule has 2 rings (SSSR count). The highest BCUT2D eigenvalue weighted by molar-refractivity contribution is 6.06. The number of nitrogens with zero attached hydrogens (tertiary/aromatic N) is 1. The van der Waals surface area contributed by atoms with Gasteiger partial charge in [-0.2, -0.15) is 0 Å². The number of ketones is 1. The number of β-lactam (4-membered cyclic amide) rings is 1. The highest BCUT2D eigenvalue weighted by Crippen LogP contribution is 2.44. The van der Waals surface area contributed by atoms with Crippen molar-refractivity contribution in [2.75, 3.05) is 0 Å². The topological polar surface area (TPSA) is 37.4 Å².